The van der Waals surface area contributed by atoms with Crippen LogP contribution < -0.4 is 10.6 Å². The summed E-state index contributed by atoms with van der Waals surface area (Å²) in [5.74, 6) is 0.538. The number of carbonyl (C=O) groups is 1. The summed E-state index contributed by atoms with van der Waals surface area (Å²) in [5.41, 5.74) is -0.757. The van der Waals surface area contributed by atoms with Gasteiger partial charge in [0.05, 0.1) is 18.3 Å². The summed E-state index contributed by atoms with van der Waals surface area (Å²) in [6, 6.07) is 3.37. The molecule has 3 rings (SSSR count). The van der Waals surface area contributed by atoms with Crippen LogP contribution in [0.2, 0.25) is 0 Å². The fourth-order valence-corrected chi connectivity index (χ4v) is 2.45. The lowest BCUT2D eigenvalue weighted by molar-refractivity contribution is -0.137. The molecule has 1 saturated heterocycles. The molecule has 0 unspecified atom stereocenters. The van der Waals surface area contributed by atoms with Crippen LogP contribution in [0.1, 0.15) is 12.0 Å². The molecule has 2 aromatic rings. The molecule has 2 N–H and O–H groups in total. The van der Waals surface area contributed by atoms with Crippen molar-refractivity contribution in [2.75, 3.05) is 25.0 Å². The molecular formula is C15H15F3N4O. The highest BCUT2D eigenvalue weighted by atomic mass is 19.4. The number of hydrogen-bond acceptors (Lipinski definition) is 5. The van der Waals surface area contributed by atoms with E-state index < -0.39 is 11.7 Å². The van der Waals surface area contributed by atoms with E-state index in [4.69, 9.17) is 0 Å². The van der Waals surface area contributed by atoms with Crippen LogP contribution in [0.5, 0.6) is 0 Å². The summed E-state index contributed by atoms with van der Waals surface area (Å²) in [4.78, 5) is 11.9. The van der Waals surface area contributed by atoms with Gasteiger partial charge in [-0.3, -0.25) is 4.79 Å². The third-order valence-corrected chi connectivity index (χ3v) is 3.83. The average Bonchev–Trinajstić information content (AvgIpc) is 2.47. The Hall–Kier alpha value is -2.22. The van der Waals surface area contributed by atoms with Crippen molar-refractivity contribution in [2.24, 2.45) is 5.92 Å². The second kappa shape index (κ2) is 6.11. The molecule has 23 heavy (non-hydrogen) atoms. The van der Waals surface area contributed by atoms with Crippen LogP contribution in [0.3, 0.4) is 0 Å². The van der Waals surface area contributed by atoms with Crippen LogP contribution in [0, 0.1) is 5.92 Å². The Kier molecular flexibility index (Phi) is 4.16. The number of aromatic nitrogens is 2. The molecular weight excluding hydrogens is 309 g/mol. The van der Waals surface area contributed by atoms with E-state index in [0.717, 1.165) is 25.2 Å². The minimum atomic E-state index is -4.43. The maximum Gasteiger partial charge on any atom is 0.416 e. The average molecular weight is 324 g/mol. The van der Waals surface area contributed by atoms with Gasteiger partial charge in [-0.2, -0.15) is 18.3 Å². The molecule has 1 fully saturated rings. The third kappa shape index (κ3) is 3.58. The Labute approximate surface area is 130 Å². The van der Waals surface area contributed by atoms with Gasteiger partial charge in [0.15, 0.2) is 11.6 Å². The first kappa shape index (κ1) is 15.7. The summed E-state index contributed by atoms with van der Waals surface area (Å²) in [5, 5.41) is 14.3. The first-order valence-electron chi connectivity index (χ1n) is 7.22. The Balaban J connectivity index is 1.77. The van der Waals surface area contributed by atoms with Crippen LogP contribution in [0.4, 0.5) is 19.0 Å². The number of Topliss-reactive ketones (excluding diaryl/α,β-unsaturated/α-hetero) is 1. The summed E-state index contributed by atoms with van der Waals surface area (Å²) in [7, 11) is 0. The number of anilines is 1. The largest absolute Gasteiger partial charge is 0.416 e. The van der Waals surface area contributed by atoms with Crippen molar-refractivity contribution in [1.29, 1.82) is 0 Å². The van der Waals surface area contributed by atoms with Crippen molar-refractivity contribution in [3.05, 3.63) is 30.0 Å². The molecule has 2 heterocycles. The SMILES string of the molecule is O=C(CNc1nncc2ccc(C(F)(F)F)cc12)CC1CNC1. The molecule has 1 aliphatic rings. The highest BCUT2D eigenvalue weighted by Crippen LogP contribution is 2.32. The number of nitrogens with zero attached hydrogens (tertiary/aromatic N) is 2. The second-order valence-electron chi connectivity index (χ2n) is 5.61. The first-order chi connectivity index (χ1) is 10.9. The van der Waals surface area contributed by atoms with Crippen molar-refractivity contribution >= 4 is 22.4 Å². The van der Waals surface area contributed by atoms with Crippen molar-refractivity contribution in [3.8, 4) is 0 Å². The van der Waals surface area contributed by atoms with Crippen molar-refractivity contribution in [3.63, 3.8) is 0 Å². The standard InChI is InChI=1S/C15H15F3N4O/c16-15(17,18)11-2-1-10-7-21-22-14(13(10)4-11)20-8-12(23)3-9-5-19-6-9/h1-2,4,7,9,19H,3,5-6,8H2,(H,20,22). The zero-order valence-electron chi connectivity index (χ0n) is 12.2. The van der Waals surface area contributed by atoms with E-state index >= 15 is 0 Å². The zero-order valence-corrected chi connectivity index (χ0v) is 12.2. The summed E-state index contributed by atoms with van der Waals surface area (Å²) >= 11 is 0. The van der Waals surface area contributed by atoms with Crippen LogP contribution in [-0.4, -0.2) is 35.6 Å². The number of hydrogen-bond donors (Lipinski definition) is 2. The van der Waals surface area contributed by atoms with Crippen molar-refractivity contribution < 1.29 is 18.0 Å². The van der Waals surface area contributed by atoms with E-state index in [-0.39, 0.29) is 18.1 Å². The topological polar surface area (TPSA) is 66.9 Å². The van der Waals surface area contributed by atoms with Gasteiger partial charge in [-0.1, -0.05) is 6.07 Å². The van der Waals surface area contributed by atoms with Gasteiger partial charge >= 0.3 is 6.18 Å². The number of carbonyl (C=O) groups excluding carboxylic acids is 1. The monoisotopic (exact) mass is 324 g/mol. The predicted octanol–water partition coefficient (Wildman–Crippen LogP) is 2.24. The van der Waals surface area contributed by atoms with Crippen LogP contribution >= 0.6 is 0 Å². The summed E-state index contributed by atoms with van der Waals surface area (Å²) in [6.07, 6.45) is -2.59. The maximum atomic E-state index is 12.8. The molecule has 0 saturated carbocycles. The lowest BCUT2D eigenvalue weighted by Crippen LogP contribution is -2.43. The normalized spacial score (nSPS) is 15.4. The zero-order chi connectivity index (χ0) is 16.4. The Bertz CT molecular complexity index is 728. The molecule has 1 aliphatic heterocycles. The van der Waals surface area contributed by atoms with Crippen molar-refractivity contribution in [2.45, 2.75) is 12.6 Å². The van der Waals surface area contributed by atoms with Gasteiger partial charge < -0.3 is 10.6 Å². The Morgan fingerprint density at radius 3 is 2.78 bits per heavy atom. The van der Waals surface area contributed by atoms with E-state index in [1.54, 1.807) is 0 Å². The van der Waals surface area contributed by atoms with Crippen LogP contribution in [0.25, 0.3) is 10.8 Å². The molecule has 8 heteroatoms. The van der Waals surface area contributed by atoms with Crippen LogP contribution in [0.15, 0.2) is 24.4 Å². The molecule has 1 aromatic carbocycles. The number of alkyl halides is 3. The van der Waals surface area contributed by atoms with Gasteiger partial charge in [0.1, 0.15) is 0 Å². The fourth-order valence-electron chi connectivity index (χ4n) is 2.45. The summed E-state index contributed by atoms with van der Waals surface area (Å²) < 4.78 is 38.5. The number of halogens is 3. The smallest absolute Gasteiger partial charge is 0.361 e. The van der Waals surface area contributed by atoms with E-state index in [9.17, 15) is 18.0 Å². The minimum Gasteiger partial charge on any atom is -0.361 e. The maximum absolute atomic E-state index is 12.8. The molecule has 122 valence electrons. The highest BCUT2D eigenvalue weighted by molar-refractivity contribution is 5.93. The number of benzene rings is 1. The van der Waals surface area contributed by atoms with Gasteiger partial charge in [0.2, 0.25) is 0 Å². The van der Waals surface area contributed by atoms with Gasteiger partial charge in [-0.15, -0.1) is 5.10 Å². The number of fused-ring (bicyclic) bond motifs is 1. The molecule has 0 spiro atoms. The van der Waals surface area contributed by atoms with Crippen LogP contribution in [-0.2, 0) is 11.0 Å². The Morgan fingerprint density at radius 2 is 2.13 bits per heavy atom. The number of rotatable bonds is 5. The molecule has 0 radical (unpaired) electrons. The van der Waals surface area contributed by atoms with Crippen molar-refractivity contribution in [1.82, 2.24) is 15.5 Å². The molecule has 0 bridgehead atoms. The molecule has 1 aromatic heterocycles. The van der Waals surface area contributed by atoms with Gasteiger partial charge in [-0.05, 0) is 31.1 Å². The lowest BCUT2D eigenvalue weighted by atomic mass is 9.97. The van der Waals surface area contributed by atoms with Gasteiger partial charge in [0.25, 0.3) is 0 Å². The number of ketones is 1. The molecule has 5 nitrogen and oxygen atoms in total. The number of nitrogens with one attached hydrogen (secondary N) is 2. The van der Waals surface area contributed by atoms with Gasteiger partial charge in [0, 0.05) is 17.2 Å². The second-order valence-corrected chi connectivity index (χ2v) is 5.61. The minimum absolute atomic E-state index is 0.00211. The van der Waals surface area contributed by atoms with Gasteiger partial charge in [-0.25, -0.2) is 0 Å². The fraction of sp³-hybridized carbons (Fsp3) is 0.400. The van der Waals surface area contributed by atoms with E-state index in [0.29, 0.717) is 23.1 Å². The third-order valence-electron chi connectivity index (χ3n) is 3.83. The predicted molar refractivity (Wildman–Crippen MR) is 79.0 cm³/mol. The molecule has 0 atom stereocenters. The summed E-state index contributed by atoms with van der Waals surface area (Å²) in [6.45, 7) is 1.68. The molecule has 0 amide bonds. The lowest BCUT2D eigenvalue weighted by Gasteiger charge is -2.26. The highest BCUT2D eigenvalue weighted by Gasteiger charge is 2.30. The Morgan fingerprint density at radius 1 is 1.35 bits per heavy atom. The van der Waals surface area contributed by atoms with E-state index in [1.807, 2.05) is 0 Å². The quantitative estimate of drug-likeness (QED) is 0.883. The molecule has 0 aliphatic carbocycles. The first-order valence-corrected chi connectivity index (χ1v) is 7.22. The van der Waals surface area contributed by atoms with E-state index in [2.05, 4.69) is 20.8 Å². The van der Waals surface area contributed by atoms with E-state index in [1.165, 1.54) is 12.3 Å².